The average molecular weight is 404 g/mol. The van der Waals surface area contributed by atoms with Crippen molar-refractivity contribution in [3.8, 4) is 22.8 Å². The molecule has 3 N–H and O–H groups in total. The van der Waals surface area contributed by atoms with Crippen LogP contribution in [0.4, 0.5) is 0 Å². The smallest absolute Gasteiger partial charge is 0.341 e. The normalized spacial score (nSPS) is 14.5. The summed E-state index contributed by atoms with van der Waals surface area (Å²) in [4.78, 5) is 25.9. The van der Waals surface area contributed by atoms with Gasteiger partial charge in [0.25, 0.3) is 0 Å². The summed E-state index contributed by atoms with van der Waals surface area (Å²) in [5, 5.41) is 21.0. The zero-order valence-electron chi connectivity index (χ0n) is 15.9. The summed E-state index contributed by atoms with van der Waals surface area (Å²) in [6.07, 6.45) is 5.72. The molecule has 3 rings (SSSR count). The Hall–Kier alpha value is -3.07. The van der Waals surface area contributed by atoms with Crippen molar-refractivity contribution in [3.05, 3.63) is 30.3 Å². The summed E-state index contributed by atoms with van der Waals surface area (Å²) in [5.74, 6) is -0.186. The quantitative estimate of drug-likeness (QED) is 0.545. The van der Waals surface area contributed by atoms with E-state index in [1.165, 1.54) is 6.07 Å². The molecular weight excluding hydrogens is 380 g/mol. The largest absolute Gasteiger partial charge is 0.479 e. The van der Waals surface area contributed by atoms with E-state index in [2.05, 4.69) is 10.3 Å². The van der Waals surface area contributed by atoms with Crippen LogP contribution in [-0.2, 0) is 16.0 Å². The predicted molar refractivity (Wildman–Crippen MR) is 102 cm³/mol. The molecule has 9 heteroatoms. The van der Waals surface area contributed by atoms with Gasteiger partial charge in [0.2, 0.25) is 0 Å². The predicted octanol–water partition coefficient (Wildman–Crippen LogP) is 2.20. The zero-order valence-corrected chi connectivity index (χ0v) is 15.9. The van der Waals surface area contributed by atoms with Crippen LogP contribution in [-0.4, -0.2) is 53.4 Å². The van der Waals surface area contributed by atoms with Crippen molar-refractivity contribution < 1.29 is 33.7 Å². The standard InChI is InChI=1S/C20H24N2O7/c23-19(24)11-27-15-3-2-14(9-16(15)28-12-20(25)26)17-10-22-18(29-17)4-1-13-5-7-21-8-6-13/h2-3,9-10,13,21H,1,4-8,11-12H2,(H,23,24)(H,25,26). The first-order chi connectivity index (χ1) is 14.0. The molecule has 29 heavy (non-hydrogen) atoms. The highest BCUT2D eigenvalue weighted by atomic mass is 16.5. The van der Waals surface area contributed by atoms with E-state index < -0.39 is 25.2 Å². The number of nitrogens with one attached hydrogen (secondary N) is 1. The summed E-state index contributed by atoms with van der Waals surface area (Å²) in [5.41, 5.74) is 0.633. The fourth-order valence-electron chi connectivity index (χ4n) is 3.23. The van der Waals surface area contributed by atoms with E-state index >= 15 is 0 Å². The molecule has 156 valence electrons. The summed E-state index contributed by atoms with van der Waals surface area (Å²) < 4.78 is 16.3. The topological polar surface area (TPSA) is 131 Å². The van der Waals surface area contributed by atoms with E-state index in [4.69, 9.17) is 24.1 Å². The summed E-state index contributed by atoms with van der Waals surface area (Å²) in [6.45, 7) is 0.963. The van der Waals surface area contributed by atoms with Crippen LogP contribution in [0.15, 0.2) is 28.8 Å². The first-order valence-corrected chi connectivity index (χ1v) is 9.50. The summed E-state index contributed by atoms with van der Waals surface area (Å²) >= 11 is 0. The minimum absolute atomic E-state index is 0.124. The molecule has 0 amide bonds. The number of nitrogens with zero attached hydrogens (tertiary/aromatic N) is 1. The van der Waals surface area contributed by atoms with E-state index in [9.17, 15) is 9.59 Å². The summed E-state index contributed by atoms with van der Waals surface area (Å²) in [7, 11) is 0. The molecule has 0 atom stereocenters. The number of oxazole rings is 1. The second-order valence-electron chi connectivity index (χ2n) is 6.88. The van der Waals surface area contributed by atoms with Gasteiger partial charge >= 0.3 is 11.9 Å². The highest BCUT2D eigenvalue weighted by molar-refractivity contribution is 5.70. The highest BCUT2D eigenvalue weighted by Gasteiger charge is 2.16. The average Bonchev–Trinajstić information content (AvgIpc) is 3.19. The number of carbonyl (C=O) groups is 2. The van der Waals surface area contributed by atoms with Gasteiger partial charge < -0.3 is 29.4 Å². The number of aliphatic carboxylic acids is 2. The van der Waals surface area contributed by atoms with Crippen LogP contribution in [0.25, 0.3) is 11.3 Å². The maximum absolute atomic E-state index is 10.8. The number of aromatic nitrogens is 1. The maximum atomic E-state index is 10.8. The van der Waals surface area contributed by atoms with Crippen LogP contribution in [0.2, 0.25) is 0 Å². The van der Waals surface area contributed by atoms with Gasteiger partial charge in [0.15, 0.2) is 36.4 Å². The molecule has 1 aliphatic rings. The Balaban J connectivity index is 1.70. The van der Waals surface area contributed by atoms with E-state index in [0.29, 0.717) is 23.1 Å². The number of aryl methyl sites for hydroxylation is 1. The fraction of sp³-hybridized carbons (Fsp3) is 0.450. The lowest BCUT2D eigenvalue weighted by Crippen LogP contribution is -2.27. The van der Waals surface area contributed by atoms with Crippen LogP contribution < -0.4 is 14.8 Å². The number of rotatable bonds is 10. The first-order valence-electron chi connectivity index (χ1n) is 9.50. The highest BCUT2D eigenvalue weighted by Crippen LogP contribution is 2.33. The molecule has 0 spiro atoms. The zero-order chi connectivity index (χ0) is 20.6. The molecule has 0 radical (unpaired) electrons. The van der Waals surface area contributed by atoms with Gasteiger partial charge in [-0.2, -0.15) is 0 Å². The molecule has 0 bridgehead atoms. The monoisotopic (exact) mass is 404 g/mol. The maximum Gasteiger partial charge on any atom is 0.341 e. The molecule has 1 aliphatic heterocycles. The lowest BCUT2D eigenvalue weighted by molar-refractivity contribution is -0.140. The number of carboxylic acid groups (broad SMARTS) is 2. The van der Waals surface area contributed by atoms with Crippen LogP contribution in [0.1, 0.15) is 25.2 Å². The Kier molecular flexibility index (Phi) is 7.07. The molecule has 1 aromatic carbocycles. The third-order valence-electron chi connectivity index (χ3n) is 4.71. The number of hydrogen-bond acceptors (Lipinski definition) is 7. The van der Waals surface area contributed by atoms with Crippen molar-refractivity contribution >= 4 is 11.9 Å². The molecule has 2 heterocycles. The molecule has 2 aromatic rings. The Bertz CT molecular complexity index is 843. The van der Waals surface area contributed by atoms with E-state index in [-0.39, 0.29) is 11.5 Å². The van der Waals surface area contributed by atoms with Gasteiger partial charge in [-0.15, -0.1) is 0 Å². The lowest BCUT2D eigenvalue weighted by Gasteiger charge is -2.21. The number of benzene rings is 1. The first kappa shape index (κ1) is 20.7. The lowest BCUT2D eigenvalue weighted by atomic mass is 9.93. The van der Waals surface area contributed by atoms with Gasteiger partial charge in [0.05, 0.1) is 6.20 Å². The van der Waals surface area contributed by atoms with E-state index in [1.54, 1.807) is 18.3 Å². The molecular formula is C20H24N2O7. The molecule has 0 aliphatic carbocycles. The number of carboxylic acids is 2. The molecule has 1 aromatic heterocycles. The minimum Gasteiger partial charge on any atom is -0.479 e. The molecule has 9 nitrogen and oxygen atoms in total. The van der Waals surface area contributed by atoms with Crippen molar-refractivity contribution in [1.29, 1.82) is 0 Å². The number of hydrogen-bond donors (Lipinski definition) is 3. The summed E-state index contributed by atoms with van der Waals surface area (Å²) in [6, 6.07) is 4.76. The Labute approximate surface area is 167 Å². The third kappa shape index (κ3) is 6.21. The van der Waals surface area contributed by atoms with Gasteiger partial charge in [-0.1, -0.05) is 0 Å². The van der Waals surface area contributed by atoms with Gasteiger partial charge in [-0.05, 0) is 56.5 Å². The van der Waals surface area contributed by atoms with Gasteiger partial charge in [-0.25, -0.2) is 14.6 Å². The van der Waals surface area contributed by atoms with Crippen molar-refractivity contribution in [2.75, 3.05) is 26.3 Å². The second kappa shape index (κ2) is 9.92. The van der Waals surface area contributed by atoms with Crippen molar-refractivity contribution in [2.45, 2.75) is 25.7 Å². The van der Waals surface area contributed by atoms with Crippen molar-refractivity contribution in [3.63, 3.8) is 0 Å². The Morgan fingerprint density at radius 2 is 1.79 bits per heavy atom. The fourth-order valence-corrected chi connectivity index (χ4v) is 3.23. The van der Waals surface area contributed by atoms with Crippen LogP contribution in [0.3, 0.4) is 0 Å². The van der Waals surface area contributed by atoms with Gasteiger partial charge in [0.1, 0.15) is 0 Å². The van der Waals surface area contributed by atoms with Crippen molar-refractivity contribution in [2.24, 2.45) is 5.92 Å². The third-order valence-corrected chi connectivity index (χ3v) is 4.71. The molecule has 0 unspecified atom stereocenters. The van der Waals surface area contributed by atoms with Crippen LogP contribution >= 0.6 is 0 Å². The van der Waals surface area contributed by atoms with Gasteiger partial charge in [0, 0.05) is 12.0 Å². The molecule has 1 fully saturated rings. The SMILES string of the molecule is O=C(O)COc1ccc(-c2cnc(CCC3CCNCC3)o2)cc1OCC(=O)O. The van der Waals surface area contributed by atoms with Crippen LogP contribution in [0.5, 0.6) is 11.5 Å². The minimum atomic E-state index is -1.15. The molecule has 0 saturated carbocycles. The van der Waals surface area contributed by atoms with E-state index in [0.717, 1.165) is 38.8 Å². The second-order valence-corrected chi connectivity index (χ2v) is 6.88. The number of piperidine rings is 1. The molecule has 1 saturated heterocycles. The Morgan fingerprint density at radius 1 is 1.10 bits per heavy atom. The van der Waals surface area contributed by atoms with Crippen molar-refractivity contribution in [1.82, 2.24) is 10.3 Å². The Morgan fingerprint density at radius 3 is 2.48 bits per heavy atom. The number of ether oxygens (including phenoxy) is 2. The van der Waals surface area contributed by atoms with Gasteiger partial charge in [-0.3, -0.25) is 0 Å². The van der Waals surface area contributed by atoms with Crippen LogP contribution in [0, 0.1) is 5.92 Å². The van der Waals surface area contributed by atoms with E-state index in [1.807, 2.05) is 0 Å².